The first-order valence-corrected chi connectivity index (χ1v) is 9.94. The van der Waals surface area contributed by atoms with Crippen molar-refractivity contribution in [2.24, 2.45) is 0 Å². The molecule has 1 heterocycles. The summed E-state index contributed by atoms with van der Waals surface area (Å²) in [7, 11) is 4.28. The monoisotopic (exact) mass is 421 g/mol. The summed E-state index contributed by atoms with van der Waals surface area (Å²) in [5.41, 5.74) is 4.52. The van der Waals surface area contributed by atoms with Gasteiger partial charge in [0.2, 0.25) is 0 Å². The van der Waals surface area contributed by atoms with Gasteiger partial charge in [-0.05, 0) is 31.0 Å². The van der Waals surface area contributed by atoms with Crippen LogP contribution in [-0.2, 0) is 25.6 Å². The molecular weight excluding hydrogens is 394 g/mol. The molecule has 0 aromatic heterocycles. The Kier molecular flexibility index (Phi) is 6.80. The standard InChI is InChI=1S/C25H27NO5/c1-16-10-11-17(2)19(12-16)23-20(24(27)30-4)14-26(15-21(23)25(28)31-5)13-18-8-6-7-9-22(18)29-3/h6-12,14-15,23H,13H2,1-5H3. The molecule has 162 valence electrons. The van der Waals surface area contributed by atoms with Crippen LogP contribution in [0.4, 0.5) is 0 Å². The third-order valence-electron chi connectivity index (χ3n) is 5.37. The zero-order valence-electron chi connectivity index (χ0n) is 18.5. The Labute approximate surface area is 182 Å². The molecule has 0 radical (unpaired) electrons. The molecule has 0 N–H and O–H groups in total. The molecule has 3 rings (SSSR count). The van der Waals surface area contributed by atoms with Gasteiger partial charge in [-0.15, -0.1) is 0 Å². The van der Waals surface area contributed by atoms with Gasteiger partial charge in [-0.25, -0.2) is 9.59 Å². The highest BCUT2D eigenvalue weighted by Gasteiger charge is 2.36. The van der Waals surface area contributed by atoms with Crippen molar-refractivity contribution >= 4 is 11.9 Å². The SMILES string of the molecule is COC(=O)C1=CN(Cc2ccccc2OC)C=C(C(=O)OC)C1c1cc(C)ccc1C. The lowest BCUT2D eigenvalue weighted by molar-refractivity contribution is -0.137. The van der Waals surface area contributed by atoms with Crippen molar-refractivity contribution < 1.29 is 23.8 Å². The first kappa shape index (κ1) is 22.2. The molecule has 0 bridgehead atoms. The van der Waals surface area contributed by atoms with Gasteiger partial charge in [-0.1, -0.05) is 42.0 Å². The summed E-state index contributed by atoms with van der Waals surface area (Å²) in [5.74, 6) is -0.857. The van der Waals surface area contributed by atoms with Crippen LogP contribution in [0.25, 0.3) is 0 Å². The summed E-state index contributed by atoms with van der Waals surface area (Å²) < 4.78 is 15.6. The molecule has 0 saturated carbocycles. The lowest BCUT2D eigenvalue weighted by Crippen LogP contribution is -2.29. The minimum absolute atomic E-state index is 0.369. The minimum Gasteiger partial charge on any atom is -0.496 e. The van der Waals surface area contributed by atoms with Crippen LogP contribution in [0.5, 0.6) is 5.75 Å². The van der Waals surface area contributed by atoms with Crippen LogP contribution in [0, 0.1) is 13.8 Å². The van der Waals surface area contributed by atoms with Gasteiger partial charge < -0.3 is 19.1 Å². The second-order valence-electron chi connectivity index (χ2n) is 7.43. The number of carbonyl (C=O) groups excluding carboxylic acids is 2. The van der Waals surface area contributed by atoms with Crippen molar-refractivity contribution in [3.63, 3.8) is 0 Å². The topological polar surface area (TPSA) is 65.1 Å². The van der Waals surface area contributed by atoms with Gasteiger partial charge >= 0.3 is 11.9 Å². The molecule has 0 spiro atoms. The van der Waals surface area contributed by atoms with Crippen LogP contribution >= 0.6 is 0 Å². The number of esters is 2. The molecule has 6 nitrogen and oxygen atoms in total. The maximum absolute atomic E-state index is 12.8. The molecule has 1 aliphatic heterocycles. The molecule has 0 saturated heterocycles. The highest BCUT2D eigenvalue weighted by atomic mass is 16.5. The summed E-state index contributed by atoms with van der Waals surface area (Å²) in [6, 6.07) is 13.6. The quantitative estimate of drug-likeness (QED) is 0.657. The molecule has 0 atom stereocenters. The van der Waals surface area contributed by atoms with Gasteiger partial charge in [0.05, 0.1) is 44.9 Å². The van der Waals surface area contributed by atoms with Crippen molar-refractivity contribution in [2.45, 2.75) is 26.3 Å². The number of rotatable bonds is 6. The smallest absolute Gasteiger partial charge is 0.336 e. The number of para-hydroxylation sites is 1. The van der Waals surface area contributed by atoms with Crippen molar-refractivity contribution in [1.82, 2.24) is 4.90 Å². The molecule has 0 aliphatic carbocycles. The zero-order chi connectivity index (χ0) is 22.5. The Balaban J connectivity index is 2.14. The number of aryl methyl sites for hydroxylation is 2. The Morgan fingerprint density at radius 3 is 2.10 bits per heavy atom. The maximum Gasteiger partial charge on any atom is 0.336 e. The number of hydrogen-bond donors (Lipinski definition) is 0. The molecule has 1 aliphatic rings. The molecule has 6 heteroatoms. The fourth-order valence-electron chi connectivity index (χ4n) is 3.82. The van der Waals surface area contributed by atoms with E-state index in [1.807, 2.05) is 56.3 Å². The normalized spacial score (nSPS) is 13.9. The van der Waals surface area contributed by atoms with E-state index in [-0.39, 0.29) is 0 Å². The largest absolute Gasteiger partial charge is 0.496 e. The second-order valence-corrected chi connectivity index (χ2v) is 7.43. The first-order chi connectivity index (χ1) is 14.9. The Morgan fingerprint density at radius 1 is 0.903 bits per heavy atom. The van der Waals surface area contributed by atoms with Crippen LogP contribution < -0.4 is 4.74 Å². The van der Waals surface area contributed by atoms with Crippen molar-refractivity contribution in [3.8, 4) is 5.75 Å². The zero-order valence-corrected chi connectivity index (χ0v) is 18.5. The third-order valence-corrected chi connectivity index (χ3v) is 5.37. The maximum atomic E-state index is 12.8. The lowest BCUT2D eigenvalue weighted by atomic mass is 9.81. The van der Waals surface area contributed by atoms with Gasteiger partial charge in [0.15, 0.2) is 0 Å². The van der Waals surface area contributed by atoms with Crippen LogP contribution in [-0.4, -0.2) is 38.2 Å². The summed E-state index contributed by atoms with van der Waals surface area (Å²) >= 11 is 0. The van der Waals surface area contributed by atoms with E-state index in [4.69, 9.17) is 14.2 Å². The Bertz CT molecular complexity index is 1020. The van der Waals surface area contributed by atoms with E-state index in [0.717, 1.165) is 28.0 Å². The van der Waals surface area contributed by atoms with E-state index in [0.29, 0.717) is 17.7 Å². The van der Waals surface area contributed by atoms with Crippen LogP contribution in [0.15, 0.2) is 66.0 Å². The molecule has 2 aromatic rings. The molecular formula is C25H27NO5. The van der Waals surface area contributed by atoms with Crippen molar-refractivity contribution in [2.75, 3.05) is 21.3 Å². The fraction of sp³-hybridized carbons (Fsp3) is 0.280. The summed E-state index contributed by atoms with van der Waals surface area (Å²) in [5, 5.41) is 0. The van der Waals surface area contributed by atoms with Crippen molar-refractivity contribution in [3.05, 3.63) is 88.3 Å². The number of nitrogens with zero attached hydrogens (tertiary/aromatic N) is 1. The number of benzene rings is 2. The first-order valence-electron chi connectivity index (χ1n) is 9.94. The Hall–Kier alpha value is -3.54. The molecule has 2 aromatic carbocycles. The highest BCUT2D eigenvalue weighted by Crippen LogP contribution is 2.39. The van der Waals surface area contributed by atoms with E-state index in [1.165, 1.54) is 14.2 Å². The van der Waals surface area contributed by atoms with Gasteiger partial charge in [0.1, 0.15) is 5.75 Å². The number of ether oxygens (including phenoxy) is 3. The fourth-order valence-corrected chi connectivity index (χ4v) is 3.82. The van der Waals surface area contributed by atoms with Gasteiger partial charge in [-0.3, -0.25) is 0 Å². The second kappa shape index (κ2) is 9.51. The molecule has 0 amide bonds. The third kappa shape index (κ3) is 4.63. The average Bonchev–Trinajstić information content (AvgIpc) is 2.79. The summed E-state index contributed by atoms with van der Waals surface area (Å²) in [6.07, 6.45) is 3.47. The predicted octanol–water partition coefficient (Wildman–Crippen LogP) is 4.03. The predicted molar refractivity (Wildman–Crippen MR) is 117 cm³/mol. The van der Waals surface area contributed by atoms with Crippen molar-refractivity contribution in [1.29, 1.82) is 0 Å². The van der Waals surface area contributed by atoms with E-state index < -0.39 is 17.9 Å². The molecule has 0 unspecified atom stereocenters. The highest BCUT2D eigenvalue weighted by molar-refractivity contribution is 5.98. The molecule has 0 fully saturated rings. The van der Waals surface area contributed by atoms with E-state index >= 15 is 0 Å². The minimum atomic E-state index is -0.589. The molecule has 31 heavy (non-hydrogen) atoms. The van der Waals surface area contributed by atoms with E-state index in [2.05, 4.69) is 0 Å². The van der Waals surface area contributed by atoms with E-state index in [1.54, 1.807) is 24.4 Å². The number of hydrogen-bond acceptors (Lipinski definition) is 6. The number of methoxy groups -OCH3 is 3. The van der Waals surface area contributed by atoms with Crippen LogP contribution in [0.3, 0.4) is 0 Å². The Morgan fingerprint density at radius 2 is 1.52 bits per heavy atom. The van der Waals surface area contributed by atoms with E-state index in [9.17, 15) is 9.59 Å². The number of carbonyl (C=O) groups is 2. The lowest BCUT2D eigenvalue weighted by Gasteiger charge is -2.31. The van der Waals surface area contributed by atoms with Gasteiger partial charge in [0, 0.05) is 18.0 Å². The summed E-state index contributed by atoms with van der Waals surface area (Å²) in [6.45, 7) is 4.34. The average molecular weight is 421 g/mol. The van der Waals surface area contributed by atoms with Crippen LogP contribution in [0.2, 0.25) is 0 Å². The summed E-state index contributed by atoms with van der Waals surface area (Å²) in [4.78, 5) is 27.4. The van der Waals surface area contributed by atoms with Gasteiger partial charge in [-0.2, -0.15) is 0 Å². The van der Waals surface area contributed by atoms with Crippen LogP contribution in [0.1, 0.15) is 28.2 Å². The van der Waals surface area contributed by atoms with Gasteiger partial charge in [0.25, 0.3) is 0 Å².